The van der Waals surface area contributed by atoms with Gasteiger partial charge in [-0.2, -0.15) is 0 Å². The molecule has 142 valence electrons. The summed E-state index contributed by atoms with van der Waals surface area (Å²) in [6, 6.07) is 14.3. The third-order valence-electron chi connectivity index (χ3n) is 6.06. The van der Waals surface area contributed by atoms with Crippen LogP contribution in [0.3, 0.4) is 0 Å². The summed E-state index contributed by atoms with van der Waals surface area (Å²) in [7, 11) is 0. The highest BCUT2D eigenvalue weighted by Gasteiger charge is 2.30. The van der Waals surface area contributed by atoms with Gasteiger partial charge in [-0.25, -0.2) is 0 Å². The highest BCUT2D eigenvalue weighted by molar-refractivity contribution is 6.30. The zero-order valence-electron chi connectivity index (χ0n) is 15.7. The van der Waals surface area contributed by atoms with Crippen LogP contribution in [0.4, 0.5) is 0 Å². The highest BCUT2D eigenvalue weighted by Crippen LogP contribution is 2.31. The van der Waals surface area contributed by atoms with E-state index in [9.17, 15) is 4.79 Å². The second kappa shape index (κ2) is 8.43. The Balaban J connectivity index is 1.37. The van der Waals surface area contributed by atoms with Crippen LogP contribution < -0.4 is 0 Å². The molecule has 0 atom stereocenters. The summed E-state index contributed by atoms with van der Waals surface area (Å²) in [6.45, 7) is 1.76. The minimum Gasteiger partial charge on any atom is -0.342 e. The van der Waals surface area contributed by atoms with E-state index in [1.165, 1.54) is 24.1 Å². The zero-order valence-corrected chi connectivity index (χ0v) is 16.5. The molecule has 1 aromatic carbocycles. The van der Waals surface area contributed by atoms with Crippen molar-refractivity contribution in [3.05, 3.63) is 64.4 Å². The molecule has 0 N–H and O–H groups in total. The Morgan fingerprint density at radius 3 is 2.41 bits per heavy atom. The topological polar surface area (TPSA) is 33.2 Å². The predicted octanol–water partition coefficient (Wildman–Crippen LogP) is 5.22. The smallest absolute Gasteiger partial charge is 0.225 e. The summed E-state index contributed by atoms with van der Waals surface area (Å²) in [5.74, 6) is 1.15. The fourth-order valence-corrected chi connectivity index (χ4v) is 4.59. The van der Waals surface area contributed by atoms with Crippen molar-refractivity contribution in [3.8, 4) is 0 Å². The quantitative estimate of drug-likeness (QED) is 0.726. The number of carbonyl (C=O) groups excluding carboxylic acids is 1. The lowest BCUT2D eigenvalue weighted by Crippen LogP contribution is -2.40. The molecule has 2 aliphatic rings. The van der Waals surface area contributed by atoms with E-state index in [0.717, 1.165) is 55.9 Å². The van der Waals surface area contributed by atoms with Gasteiger partial charge in [-0.15, -0.1) is 0 Å². The van der Waals surface area contributed by atoms with Crippen LogP contribution in [0, 0.1) is 5.92 Å². The highest BCUT2D eigenvalue weighted by atomic mass is 35.5. The number of halogens is 1. The van der Waals surface area contributed by atoms with Gasteiger partial charge in [0.2, 0.25) is 5.91 Å². The number of pyridine rings is 1. The van der Waals surface area contributed by atoms with E-state index in [0.29, 0.717) is 17.7 Å². The second-order valence-electron chi connectivity index (χ2n) is 7.94. The Kier molecular flexibility index (Phi) is 5.77. The number of carbonyl (C=O) groups is 1. The Morgan fingerprint density at radius 2 is 1.70 bits per heavy atom. The minimum atomic E-state index is 0.294. The van der Waals surface area contributed by atoms with Crippen molar-refractivity contribution < 1.29 is 4.79 Å². The molecule has 1 saturated carbocycles. The molecule has 1 aliphatic heterocycles. The fourth-order valence-electron chi connectivity index (χ4n) is 4.46. The molecule has 0 radical (unpaired) electrons. The minimum absolute atomic E-state index is 0.294. The number of likely N-dealkylation sites (tertiary alicyclic amines) is 1. The van der Waals surface area contributed by atoms with Crippen molar-refractivity contribution in [2.45, 2.75) is 50.9 Å². The van der Waals surface area contributed by atoms with Gasteiger partial charge in [-0.05, 0) is 55.5 Å². The molecule has 0 unspecified atom stereocenters. The SMILES string of the molecule is O=C(C1CCCC1)N1CCC(c2cccc(Cc3ccc(Cl)cc3)n2)CC1. The van der Waals surface area contributed by atoms with Gasteiger partial charge >= 0.3 is 0 Å². The van der Waals surface area contributed by atoms with Gasteiger partial charge in [0.05, 0.1) is 0 Å². The Bertz CT molecular complexity index is 775. The van der Waals surface area contributed by atoms with Crippen molar-refractivity contribution in [1.82, 2.24) is 9.88 Å². The van der Waals surface area contributed by atoms with Crippen LogP contribution in [0.5, 0.6) is 0 Å². The Labute approximate surface area is 166 Å². The van der Waals surface area contributed by atoms with Crippen molar-refractivity contribution in [3.63, 3.8) is 0 Å². The maximum absolute atomic E-state index is 12.6. The Morgan fingerprint density at radius 1 is 1.00 bits per heavy atom. The summed E-state index contributed by atoms with van der Waals surface area (Å²) in [5, 5.41) is 0.763. The van der Waals surface area contributed by atoms with Gasteiger partial charge in [0.15, 0.2) is 0 Å². The number of amides is 1. The van der Waals surface area contributed by atoms with Crippen LogP contribution in [-0.2, 0) is 11.2 Å². The van der Waals surface area contributed by atoms with E-state index < -0.39 is 0 Å². The van der Waals surface area contributed by atoms with Gasteiger partial charge in [-0.3, -0.25) is 9.78 Å². The van der Waals surface area contributed by atoms with Gasteiger partial charge in [0.1, 0.15) is 0 Å². The van der Waals surface area contributed by atoms with Crippen LogP contribution in [0.2, 0.25) is 5.02 Å². The normalized spacial score (nSPS) is 18.8. The third kappa shape index (κ3) is 4.52. The Hall–Kier alpha value is -1.87. The summed E-state index contributed by atoms with van der Waals surface area (Å²) in [6.07, 6.45) is 7.49. The van der Waals surface area contributed by atoms with Gasteiger partial charge in [-0.1, -0.05) is 42.6 Å². The molecule has 27 heavy (non-hydrogen) atoms. The lowest BCUT2D eigenvalue weighted by Gasteiger charge is -2.33. The van der Waals surface area contributed by atoms with Crippen LogP contribution >= 0.6 is 11.6 Å². The number of benzene rings is 1. The largest absolute Gasteiger partial charge is 0.342 e. The lowest BCUT2D eigenvalue weighted by atomic mass is 9.91. The first-order chi connectivity index (χ1) is 13.2. The lowest BCUT2D eigenvalue weighted by molar-refractivity contribution is -0.136. The van der Waals surface area contributed by atoms with Crippen LogP contribution in [0.1, 0.15) is 61.4 Å². The zero-order chi connectivity index (χ0) is 18.6. The second-order valence-corrected chi connectivity index (χ2v) is 8.37. The molecule has 1 aromatic heterocycles. The first-order valence-corrected chi connectivity index (χ1v) is 10.6. The number of nitrogens with zero attached hydrogens (tertiary/aromatic N) is 2. The number of piperidine rings is 1. The van der Waals surface area contributed by atoms with Crippen LogP contribution in [0.15, 0.2) is 42.5 Å². The average molecular weight is 383 g/mol. The molecular formula is C23H27ClN2O. The summed E-state index contributed by atoms with van der Waals surface area (Å²) >= 11 is 5.97. The van der Waals surface area contributed by atoms with E-state index in [2.05, 4.69) is 35.2 Å². The number of hydrogen-bond acceptors (Lipinski definition) is 2. The van der Waals surface area contributed by atoms with Crippen molar-refractivity contribution in [2.75, 3.05) is 13.1 Å². The molecule has 1 aliphatic carbocycles. The van der Waals surface area contributed by atoms with E-state index >= 15 is 0 Å². The molecule has 1 amide bonds. The number of hydrogen-bond donors (Lipinski definition) is 0. The van der Waals surface area contributed by atoms with Gasteiger partial charge in [0.25, 0.3) is 0 Å². The monoisotopic (exact) mass is 382 g/mol. The third-order valence-corrected chi connectivity index (χ3v) is 6.31. The molecule has 3 nitrogen and oxygen atoms in total. The summed E-state index contributed by atoms with van der Waals surface area (Å²) in [4.78, 5) is 19.7. The summed E-state index contributed by atoms with van der Waals surface area (Å²) in [5.41, 5.74) is 3.50. The standard InChI is InChI=1S/C23H27ClN2O/c24-20-10-8-17(9-11-20)16-21-6-3-7-22(25-21)18-12-14-26(15-13-18)23(27)19-4-1-2-5-19/h3,6-11,18-19H,1-2,4-5,12-16H2. The van der Waals surface area contributed by atoms with Crippen LogP contribution in [-0.4, -0.2) is 28.9 Å². The summed E-state index contributed by atoms with van der Waals surface area (Å²) < 4.78 is 0. The average Bonchev–Trinajstić information content (AvgIpc) is 3.24. The molecule has 4 rings (SSSR count). The van der Waals surface area contributed by atoms with E-state index in [4.69, 9.17) is 16.6 Å². The maximum atomic E-state index is 12.6. The molecule has 4 heteroatoms. The molecule has 1 saturated heterocycles. The van der Waals surface area contributed by atoms with Gasteiger partial charge < -0.3 is 4.90 Å². The van der Waals surface area contributed by atoms with Gasteiger partial charge in [0, 0.05) is 47.8 Å². The van der Waals surface area contributed by atoms with E-state index in [-0.39, 0.29) is 0 Å². The van der Waals surface area contributed by atoms with E-state index in [1.54, 1.807) is 0 Å². The van der Waals surface area contributed by atoms with Crippen molar-refractivity contribution in [2.24, 2.45) is 5.92 Å². The number of aromatic nitrogens is 1. The first kappa shape index (κ1) is 18.5. The fraction of sp³-hybridized carbons (Fsp3) is 0.478. The molecule has 2 fully saturated rings. The molecule has 0 bridgehead atoms. The molecular weight excluding hydrogens is 356 g/mol. The first-order valence-electron chi connectivity index (χ1n) is 10.2. The number of rotatable bonds is 4. The predicted molar refractivity (Wildman–Crippen MR) is 109 cm³/mol. The molecule has 2 aromatic rings. The van der Waals surface area contributed by atoms with Crippen molar-refractivity contribution in [1.29, 1.82) is 0 Å². The molecule has 0 spiro atoms. The van der Waals surface area contributed by atoms with Crippen LogP contribution in [0.25, 0.3) is 0 Å². The maximum Gasteiger partial charge on any atom is 0.225 e. The molecule has 2 heterocycles. The van der Waals surface area contributed by atoms with Crippen molar-refractivity contribution >= 4 is 17.5 Å². The van der Waals surface area contributed by atoms with E-state index in [1.807, 2.05) is 12.1 Å².